The average molecular weight is 812 g/mol. The summed E-state index contributed by atoms with van der Waals surface area (Å²) in [6.07, 6.45) is -0.860. The number of hydrogen-bond donors (Lipinski definition) is 2. The molecule has 0 aliphatic carbocycles. The Morgan fingerprint density at radius 2 is 1.17 bits per heavy atom. The third-order valence-electron chi connectivity index (χ3n) is 7.29. The minimum absolute atomic E-state index is 0.0203. The summed E-state index contributed by atoms with van der Waals surface area (Å²) in [4.78, 5) is 22.0. The Morgan fingerprint density at radius 3 is 1.59 bits per heavy atom. The van der Waals surface area contributed by atoms with Gasteiger partial charge in [0.25, 0.3) is 0 Å². The highest BCUT2D eigenvalue weighted by Crippen LogP contribution is 2.45. The van der Waals surface area contributed by atoms with Gasteiger partial charge in [0.1, 0.15) is 13.2 Å². The van der Waals surface area contributed by atoms with Crippen molar-refractivity contribution in [2.45, 2.75) is 52.8 Å². The van der Waals surface area contributed by atoms with Gasteiger partial charge in [0.2, 0.25) is 5.76 Å². The van der Waals surface area contributed by atoms with Crippen molar-refractivity contribution < 1.29 is 60.9 Å². The first kappa shape index (κ1) is 42.5. The highest BCUT2D eigenvalue weighted by molar-refractivity contribution is 7.47. The summed E-state index contributed by atoms with van der Waals surface area (Å²) in [6.45, 7) is 3.28. The summed E-state index contributed by atoms with van der Waals surface area (Å²) < 4.78 is 77.1. The maximum atomic E-state index is 14.3. The fourth-order valence-corrected chi connectivity index (χ4v) is 6.12. The molecule has 1 unspecified atom stereocenters. The molecule has 2 N–H and O–H groups in total. The number of aliphatic hydroxyl groups excluding tert-OH is 1. The van der Waals surface area contributed by atoms with Gasteiger partial charge in [-0.2, -0.15) is 0 Å². The molecule has 11 nitrogen and oxygen atoms in total. The van der Waals surface area contributed by atoms with Crippen molar-refractivity contribution in [2.24, 2.45) is 0 Å². The lowest BCUT2D eigenvalue weighted by atomic mass is 10.2. The Morgan fingerprint density at radius 1 is 0.704 bits per heavy atom. The van der Waals surface area contributed by atoms with Crippen LogP contribution in [0.3, 0.4) is 0 Å². The predicted octanol–water partition coefficient (Wildman–Crippen LogP) is 8.84. The number of hydrogen-bond acceptors (Lipinski definition) is 10. The third-order valence-corrected chi connectivity index (χ3v) is 8.76. The lowest BCUT2D eigenvalue weighted by molar-refractivity contribution is -0.143. The first-order valence-electron chi connectivity index (χ1n) is 16.7. The zero-order valence-corrected chi connectivity index (χ0v) is 31.8. The SMILES string of the molecule is CCOc1c(F)cc(COC2=C(OCc3cc(F)c(OCC)c(Cl)c3)C(CCO)OC2=O)cc1Cl.O=P(O)(OCc1ccccc1)OCc1ccccc1. The summed E-state index contributed by atoms with van der Waals surface area (Å²) in [5.74, 6) is -2.52. The Hall–Kier alpha value is -4.20. The van der Waals surface area contributed by atoms with Crippen molar-refractivity contribution >= 4 is 37.0 Å². The van der Waals surface area contributed by atoms with Gasteiger partial charge in [0, 0.05) is 13.0 Å². The number of halogens is 4. The van der Waals surface area contributed by atoms with E-state index >= 15 is 0 Å². The largest absolute Gasteiger partial charge is 0.489 e. The van der Waals surface area contributed by atoms with E-state index in [0.29, 0.717) is 11.1 Å². The van der Waals surface area contributed by atoms with E-state index < -0.39 is 31.5 Å². The summed E-state index contributed by atoms with van der Waals surface area (Å²) in [6, 6.07) is 23.7. The molecule has 1 aliphatic heterocycles. The molecule has 4 aromatic rings. The van der Waals surface area contributed by atoms with Crippen LogP contribution in [0.5, 0.6) is 11.5 Å². The second-order valence-corrected chi connectivity index (χ2v) is 13.6. The Balaban J connectivity index is 0.000000287. The summed E-state index contributed by atoms with van der Waals surface area (Å²) in [5.41, 5.74) is 2.34. The molecule has 290 valence electrons. The van der Waals surface area contributed by atoms with Gasteiger partial charge in [0.15, 0.2) is 35.0 Å². The molecule has 1 heterocycles. The molecule has 0 amide bonds. The van der Waals surface area contributed by atoms with Gasteiger partial charge in [-0.25, -0.2) is 18.1 Å². The van der Waals surface area contributed by atoms with Crippen molar-refractivity contribution in [1.82, 2.24) is 0 Å². The molecule has 54 heavy (non-hydrogen) atoms. The van der Waals surface area contributed by atoms with Crippen LogP contribution < -0.4 is 9.47 Å². The van der Waals surface area contributed by atoms with E-state index in [1.165, 1.54) is 24.3 Å². The molecule has 0 saturated carbocycles. The standard InChI is InChI=1S/C24H24Cl2F2O7.C14H15O4P/c1-3-31-20-15(25)7-13(9-17(20)27)11-33-22-19(5-6-29)35-24(30)23(22)34-12-14-8-16(26)21(32-4-2)18(28)10-14;15-19(16,17-11-13-7-3-1-4-8-13)18-12-14-9-5-2-6-10-14/h7-10,19,29H,3-6,11-12H2,1-2H3;1-10H,11-12H2,(H,15,16). The van der Waals surface area contributed by atoms with Gasteiger partial charge >= 0.3 is 13.8 Å². The Bertz CT molecular complexity index is 1820. The number of phosphoric acid groups is 1. The number of esters is 1. The Kier molecular flexibility index (Phi) is 16.6. The topological polar surface area (TPSA) is 139 Å². The van der Waals surface area contributed by atoms with E-state index in [0.717, 1.165) is 11.1 Å². The predicted molar refractivity (Wildman–Crippen MR) is 196 cm³/mol. The van der Waals surface area contributed by atoms with Crippen LogP contribution >= 0.6 is 31.0 Å². The highest BCUT2D eigenvalue weighted by atomic mass is 35.5. The molecule has 5 rings (SSSR count). The normalized spacial score (nSPS) is 13.9. The maximum absolute atomic E-state index is 14.3. The fourth-order valence-electron chi connectivity index (χ4n) is 4.85. The summed E-state index contributed by atoms with van der Waals surface area (Å²) in [7, 11) is -4.02. The van der Waals surface area contributed by atoms with Crippen molar-refractivity contribution in [3.63, 3.8) is 0 Å². The number of ether oxygens (including phenoxy) is 5. The fraction of sp³-hybridized carbons (Fsp3) is 0.289. The van der Waals surface area contributed by atoms with E-state index in [1.807, 2.05) is 60.7 Å². The molecule has 0 aromatic heterocycles. The zero-order valence-electron chi connectivity index (χ0n) is 29.3. The van der Waals surface area contributed by atoms with E-state index in [9.17, 15) is 28.1 Å². The Labute approximate surface area is 321 Å². The minimum Gasteiger partial charge on any atom is -0.489 e. The molecule has 0 radical (unpaired) electrons. The lowest BCUT2D eigenvalue weighted by Gasteiger charge is -2.15. The van der Waals surface area contributed by atoms with Crippen LogP contribution in [0.1, 0.15) is 42.5 Å². The minimum atomic E-state index is -4.02. The second-order valence-electron chi connectivity index (χ2n) is 11.3. The molecule has 16 heteroatoms. The molecule has 0 bridgehead atoms. The van der Waals surface area contributed by atoms with Gasteiger partial charge in [-0.1, -0.05) is 83.9 Å². The van der Waals surface area contributed by atoms with Crippen LogP contribution in [0.2, 0.25) is 10.0 Å². The van der Waals surface area contributed by atoms with E-state index in [-0.39, 0.29) is 85.7 Å². The van der Waals surface area contributed by atoms with E-state index in [1.54, 1.807) is 13.8 Å². The zero-order chi connectivity index (χ0) is 39.1. The number of phosphoric ester groups is 1. The van der Waals surface area contributed by atoms with Crippen molar-refractivity contribution in [2.75, 3.05) is 19.8 Å². The molecular weight excluding hydrogens is 772 g/mol. The van der Waals surface area contributed by atoms with Crippen LogP contribution in [0.4, 0.5) is 8.78 Å². The van der Waals surface area contributed by atoms with Gasteiger partial charge in [-0.15, -0.1) is 0 Å². The average Bonchev–Trinajstić information content (AvgIpc) is 3.45. The first-order valence-corrected chi connectivity index (χ1v) is 18.9. The monoisotopic (exact) mass is 810 g/mol. The van der Waals surface area contributed by atoms with Gasteiger partial charge in [0.05, 0.1) is 36.5 Å². The second kappa shape index (κ2) is 21.0. The number of rotatable bonds is 18. The quantitative estimate of drug-likeness (QED) is 0.0736. The molecule has 1 aliphatic rings. The van der Waals surface area contributed by atoms with Crippen molar-refractivity contribution in [3.8, 4) is 11.5 Å². The maximum Gasteiger partial charge on any atom is 0.472 e. The van der Waals surface area contributed by atoms with Crippen LogP contribution in [-0.4, -0.2) is 41.9 Å². The molecular formula is C38H39Cl2F2O11P. The number of carbonyl (C=O) groups excluding carboxylic acids is 1. The van der Waals surface area contributed by atoms with Crippen LogP contribution in [0, 0.1) is 11.6 Å². The highest BCUT2D eigenvalue weighted by Gasteiger charge is 2.37. The third kappa shape index (κ3) is 12.7. The molecule has 0 fully saturated rings. The number of cyclic esters (lactones) is 1. The number of aliphatic hydroxyl groups is 1. The number of carbonyl (C=O) groups is 1. The molecule has 0 spiro atoms. The van der Waals surface area contributed by atoms with Crippen LogP contribution in [0.25, 0.3) is 0 Å². The van der Waals surface area contributed by atoms with E-state index in [4.69, 9.17) is 55.9 Å². The first-order chi connectivity index (χ1) is 25.9. The van der Waals surface area contributed by atoms with Crippen LogP contribution in [-0.2, 0) is 59.0 Å². The van der Waals surface area contributed by atoms with Gasteiger partial charge in [-0.3, -0.25) is 9.05 Å². The van der Waals surface area contributed by atoms with Crippen molar-refractivity contribution in [3.05, 3.63) is 140 Å². The van der Waals surface area contributed by atoms with Crippen molar-refractivity contribution in [1.29, 1.82) is 0 Å². The summed E-state index contributed by atoms with van der Waals surface area (Å²) >= 11 is 12.2. The lowest BCUT2D eigenvalue weighted by Crippen LogP contribution is -2.15. The van der Waals surface area contributed by atoms with E-state index in [2.05, 4.69) is 0 Å². The molecule has 0 saturated heterocycles. The van der Waals surface area contributed by atoms with Gasteiger partial charge in [-0.05, 0) is 60.4 Å². The van der Waals surface area contributed by atoms with Crippen LogP contribution in [0.15, 0.2) is 96.4 Å². The summed E-state index contributed by atoms with van der Waals surface area (Å²) in [5, 5.41) is 9.45. The smallest absolute Gasteiger partial charge is 0.472 e. The number of benzene rings is 4. The molecule has 1 atom stereocenters. The van der Waals surface area contributed by atoms with Gasteiger partial charge < -0.3 is 33.7 Å². The molecule has 4 aromatic carbocycles.